The van der Waals surface area contributed by atoms with E-state index in [4.69, 9.17) is 75.1 Å². The molecule has 30 nitrogen and oxygen atoms in total. The van der Waals surface area contributed by atoms with Crippen LogP contribution in [0.25, 0.3) is 0 Å². The summed E-state index contributed by atoms with van der Waals surface area (Å²) in [5.74, 6) is -8.03. The SMILES string of the molecule is C.C[O-].O=C(ON1C(=O)CCC1=O)ON1C(=O)CCC1=O.[2H]C1([2H])O[C@H]2OCC[C@H]2[C@@]1([2H])O.[2H]C1([2H])O[C@H]2OCC[C@H]2[C@@]1([2H])OC(=O)ON1C(=O)CCC1=O.[2H]C1([2H])O[C@H]2OCC[C@H]2[C@@]1([2H])OC(C)=O.[2H]C1([2H])O[C@H]2OCC[C@H]2[C@@]1([2H])OC(C)=O.[2H]OC.[Na+]. The molecule has 0 radical (unpaired) electrons. The van der Waals surface area contributed by atoms with Gasteiger partial charge in [-0.15, -0.1) is 0 Å². The zero-order valence-corrected chi connectivity index (χ0v) is 42.9. The Bertz CT molecular complexity index is 2460. The third-order valence-corrected chi connectivity index (χ3v) is 10.8. The Labute approximate surface area is 476 Å². The number of aliphatic hydroxyl groups is 2. The first-order chi connectivity index (χ1) is 40.3. The third-order valence-electron chi connectivity index (χ3n) is 10.8. The minimum Gasteiger partial charge on any atom is -0.857 e. The molecule has 0 spiro atoms. The molecule has 11 aliphatic rings. The molecule has 11 saturated heterocycles. The smallest absolute Gasteiger partial charge is 0.857 e. The summed E-state index contributed by atoms with van der Waals surface area (Å²) in [6, 6.07) is 0. The summed E-state index contributed by atoms with van der Waals surface area (Å²) in [5, 5.41) is 22.0. The van der Waals surface area contributed by atoms with E-state index in [1.54, 1.807) is 0 Å². The van der Waals surface area contributed by atoms with Gasteiger partial charge in [-0.05, 0) is 25.7 Å². The van der Waals surface area contributed by atoms with Crippen molar-refractivity contribution in [3.8, 4) is 0 Å². The number of nitrogens with zero attached hydrogens (tertiary/aromatic N) is 3. The average molecular weight is 1120 g/mol. The number of esters is 2. The number of hydroxylamine groups is 6. The van der Waals surface area contributed by atoms with Gasteiger partial charge in [0.15, 0.2) is 25.2 Å². The van der Waals surface area contributed by atoms with Gasteiger partial charge in [-0.1, -0.05) is 22.6 Å². The fraction of sp³-hybridized carbons (Fsp3) is 0.778. The maximum absolute atomic E-state index is 11.8. The van der Waals surface area contributed by atoms with Crippen LogP contribution in [0.4, 0.5) is 9.59 Å². The molecule has 424 valence electrons. The fourth-order valence-electron chi connectivity index (χ4n) is 7.44. The summed E-state index contributed by atoms with van der Waals surface area (Å²) in [4.78, 5) is 125. The molecular weight excluding hydrogens is 1040 g/mol. The monoisotopic (exact) mass is 1120 g/mol. The Morgan fingerprint density at radius 1 is 0.513 bits per heavy atom. The van der Waals surface area contributed by atoms with Gasteiger partial charge in [-0.3, -0.25) is 52.9 Å². The Morgan fingerprint density at radius 3 is 1.08 bits per heavy atom. The van der Waals surface area contributed by atoms with E-state index in [-0.39, 0.29) is 104 Å². The van der Waals surface area contributed by atoms with Crippen LogP contribution < -0.4 is 34.7 Å². The predicted octanol–water partition coefficient (Wildman–Crippen LogP) is -4.18. The zero-order chi connectivity index (χ0) is 65.6. The molecule has 11 fully saturated rings. The molecule has 6 amide bonds. The topological polar surface area (TPSA) is 373 Å². The van der Waals surface area contributed by atoms with Gasteiger partial charge < -0.3 is 67.4 Å². The molecular formula is C45H66N3NaO27. The van der Waals surface area contributed by atoms with E-state index in [0.29, 0.717) is 39.1 Å². The van der Waals surface area contributed by atoms with Gasteiger partial charge in [-0.25, -0.2) is 4.79 Å². The summed E-state index contributed by atoms with van der Waals surface area (Å²) < 4.78 is 151. The van der Waals surface area contributed by atoms with Crippen LogP contribution in [0.3, 0.4) is 0 Å². The fourth-order valence-corrected chi connectivity index (χ4v) is 7.44. The Kier molecular flexibility index (Phi) is 20.2. The normalized spacial score (nSPS) is 40.7. The van der Waals surface area contributed by atoms with Gasteiger partial charge in [-0.2, -0.15) is 11.9 Å². The quantitative estimate of drug-likeness (QED) is 0.110. The van der Waals surface area contributed by atoms with Crippen LogP contribution in [-0.2, 0) is 105 Å². The first kappa shape index (κ1) is 47.5. The molecule has 11 rings (SSSR count). The molecule has 0 bridgehead atoms. The molecule has 31 heteroatoms. The second-order valence-corrected chi connectivity index (χ2v) is 15.7. The molecule has 76 heavy (non-hydrogen) atoms. The van der Waals surface area contributed by atoms with Crippen molar-refractivity contribution in [2.75, 3.05) is 66.9 Å². The summed E-state index contributed by atoms with van der Waals surface area (Å²) in [7, 11) is 2.04. The van der Waals surface area contributed by atoms with Gasteiger partial charge in [0.1, 0.15) is 18.2 Å². The van der Waals surface area contributed by atoms with Gasteiger partial charge in [0, 0.05) is 65.4 Å². The van der Waals surface area contributed by atoms with Crippen LogP contribution in [0.2, 0.25) is 0 Å². The maximum atomic E-state index is 11.8. The van der Waals surface area contributed by atoms with Crippen LogP contribution >= 0.6 is 0 Å². The molecule has 0 aromatic carbocycles. The van der Waals surface area contributed by atoms with Crippen molar-refractivity contribution in [3.63, 3.8) is 0 Å². The van der Waals surface area contributed by atoms with Gasteiger partial charge >= 0.3 is 53.8 Å². The molecule has 11 heterocycles. The second kappa shape index (κ2) is 32.4. The number of imide groups is 3. The average Bonchev–Trinajstić information content (AvgIpc) is 1.67. The number of carbonyl (C=O) groups is 10. The second-order valence-electron chi connectivity index (χ2n) is 15.7. The molecule has 0 saturated carbocycles. The number of aliphatic hydroxyl groups excluding tert-OH is 1. The molecule has 12 atom stereocenters. The number of carbonyl (C=O) groups excluding carboxylic acids is 10. The van der Waals surface area contributed by atoms with E-state index >= 15 is 0 Å². The van der Waals surface area contributed by atoms with Crippen LogP contribution in [-0.4, -0.2) is 203 Å². The number of hydrogen-bond acceptors (Lipinski definition) is 27. The van der Waals surface area contributed by atoms with E-state index in [0.717, 1.165) is 21.0 Å². The van der Waals surface area contributed by atoms with Crippen molar-refractivity contribution < 1.29 is 176 Å². The first-order valence-corrected chi connectivity index (χ1v) is 22.4. The Morgan fingerprint density at radius 2 is 0.776 bits per heavy atom. The van der Waals surface area contributed by atoms with Gasteiger partial charge in [0.05, 0.1) is 92.9 Å². The Balaban J connectivity index is 0.000000287. The number of hydrogen-bond donors (Lipinski definition) is 2. The number of fused-ring (bicyclic) bond motifs is 4. The van der Waals surface area contributed by atoms with E-state index in [9.17, 15) is 53.1 Å². The first-order valence-electron chi connectivity index (χ1n) is 28.8. The largest absolute Gasteiger partial charge is 1.00 e. The van der Waals surface area contributed by atoms with E-state index in [1.165, 1.54) is 7.11 Å². The summed E-state index contributed by atoms with van der Waals surface area (Å²) in [6.45, 7) is -5.82. The number of rotatable bonds is 6. The van der Waals surface area contributed by atoms with Crippen molar-refractivity contribution in [2.24, 2.45) is 23.7 Å². The van der Waals surface area contributed by atoms with Crippen LogP contribution in [0.5, 0.6) is 0 Å². The molecule has 2 N–H and O–H groups in total. The van der Waals surface area contributed by atoms with Crippen molar-refractivity contribution in [1.82, 2.24) is 15.2 Å². The van der Waals surface area contributed by atoms with E-state index in [2.05, 4.69) is 19.6 Å². The van der Waals surface area contributed by atoms with Crippen molar-refractivity contribution >= 4 is 59.7 Å². The maximum Gasteiger partial charge on any atom is 1.00 e. The van der Waals surface area contributed by atoms with Gasteiger partial charge in [0.2, 0.25) is 1.43 Å². The Hall–Kier alpha value is -4.54. The molecule has 0 unspecified atom stereocenters. The number of amides is 6. The van der Waals surface area contributed by atoms with Crippen LogP contribution in [0, 0.1) is 23.7 Å². The summed E-state index contributed by atoms with van der Waals surface area (Å²) in [6.07, 6.45) is -13.6. The third kappa shape index (κ3) is 18.0. The zero-order valence-electron chi connectivity index (χ0n) is 53.9. The van der Waals surface area contributed by atoms with Crippen LogP contribution in [0.15, 0.2) is 0 Å². The van der Waals surface area contributed by atoms with Crippen molar-refractivity contribution in [2.45, 2.75) is 135 Å². The summed E-state index contributed by atoms with van der Waals surface area (Å²) >= 11 is 0. The molecule has 11 aliphatic heterocycles. The van der Waals surface area contributed by atoms with E-state index < -0.39 is 159 Å². The molecule has 0 aromatic rings. The van der Waals surface area contributed by atoms with Crippen LogP contribution in [0.1, 0.15) is 102 Å². The summed E-state index contributed by atoms with van der Waals surface area (Å²) in [5.41, 5.74) is 0. The molecule has 0 aromatic heterocycles. The predicted molar refractivity (Wildman–Crippen MR) is 235 cm³/mol. The standard InChI is InChI=1S/C11H13NO7.C9H8N2O7.2C8H12O4.C6H10O3.CH4O.CH3O.CH4.Na/c13-8-1-2-9(14)12(8)19-11(15)18-7-5-17-10-6(7)3-4-16-10;12-5-1-2-6(13)10(5)17-9(16)18-11-7(14)3-4-8(11)15;2*1-5(9)12-7-4-11-8-6(7)2-3-10-8;7-5-3-9-6-4(5)1-2-8-6;2*1-2;;/h6-7,10H,1-5H2;1-4H2;2*6-8H,2-4H2,1H3;4-7H,1-3H2;2H,1H3;1H3;1H4;/q;;;;;;-1;;+1/t6-,7-,10+;;2*6-,7-,8+;4-,5-,6+;;;;/m0.000..../s1/i5D2,7D;;2*4D2,7D;3D2,5D;2D;;;. The van der Waals surface area contributed by atoms with Crippen molar-refractivity contribution in [3.05, 3.63) is 0 Å². The minimum absolute atomic E-state index is 0. The van der Waals surface area contributed by atoms with Crippen molar-refractivity contribution in [1.29, 1.82) is 1.43 Å². The van der Waals surface area contributed by atoms with Gasteiger partial charge in [0.25, 0.3) is 35.4 Å². The number of ether oxygens (including phenoxy) is 11. The molecule has 0 aliphatic carbocycles. The van der Waals surface area contributed by atoms with E-state index in [1.807, 2.05) is 0 Å². The minimum atomic E-state index is -2.61.